The lowest BCUT2D eigenvalue weighted by molar-refractivity contribution is 0.720. The Bertz CT molecular complexity index is 4000. The number of hydrogen-bond acceptors (Lipinski definition) is 4. The van der Waals surface area contributed by atoms with Crippen molar-refractivity contribution in [3.63, 3.8) is 0 Å². The van der Waals surface area contributed by atoms with Gasteiger partial charge in [0.2, 0.25) is 0 Å². The van der Waals surface area contributed by atoms with E-state index in [0.29, 0.717) is 5.56 Å². The minimum absolute atomic E-state index is 0.642. The Hall–Kier alpha value is -8.50. The molecule has 5 nitrogen and oxygen atoms in total. The number of hydrogen-bond donors (Lipinski definition) is 0. The van der Waals surface area contributed by atoms with E-state index in [1.807, 2.05) is 42.4 Å². The Balaban J connectivity index is 1.00. The van der Waals surface area contributed by atoms with Crippen LogP contribution in [0.5, 0.6) is 0 Å². The summed E-state index contributed by atoms with van der Waals surface area (Å²) >= 11 is 1.85. The third-order valence-electron chi connectivity index (χ3n) is 13.9. The fourth-order valence-corrected chi connectivity index (χ4v) is 12.5. The molecule has 4 aromatic heterocycles. The highest BCUT2D eigenvalue weighted by atomic mass is 32.2. The van der Waals surface area contributed by atoms with Gasteiger partial charge >= 0.3 is 0 Å². The van der Waals surface area contributed by atoms with Gasteiger partial charge in [0.25, 0.3) is 0 Å². The van der Waals surface area contributed by atoms with E-state index < -0.39 is 5.41 Å². The van der Waals surface area contributed by atoms with Crippen LogP contribution in [0, 0.1) is 11.3 Å². The van der Waals surface area contributed by atoms with Crippen molar-refractivity contribution in [3.8, 4) is 51.1 Å². The maximum Gasteiger partial charge on any atom is 0.0991 e. The van der Waals surface area contributed by atoms with E-state index in [4.69, 9.17) is 9.97 Å². The van der Waals surface area contributed by atoms with E-state index in [0.717, 1.165) is 72.4 Å². The smallest absolute Gasteiger partial charge is 0.0991 e. The van der Waals surface area contributed by atoms with Gasteiger partial charge in [0, 0.05) is 55.1 Å². The number of pyridine rings is 2. The van der Waals surface area contributed by atoms with Gasteiger partial charge in [0.05, 0.1) is 50.5 Å². The molecule has 0 amide bonds. The molecule has 8 aromatic carbocycles. The number of nitriles is 1. The summed E-state index contributed by atoms with van der Waals surface area (Å²) in [7, 11) is 0. The molecule has 2 aliphatic rings. The number of nitrogens with zero attached hydrogens (tertiary/aromatic N) is 5. The standard InChI is InChI=1S/C60H35N5S/c61-36-37-22-27-53-45(32-37)47-34-40(25-29-55(47)65(53)42-14-5-2-6-15-42)43-17-9-18-51-59(43)66-56-35-39(23-26-48(56)60(51)49-19-10-30-62-57(49)58-50(60)20-11-31-63-58)38-24-28-54-46(33-38)44-16-7-8-21-52(44)64(54)41-12-3-1-4-13-41/h1-35H. The van der Waals surface area contributed by atoms with Crippen molar-refractivity contribution >= 4 is 55.4 Å². The molecule has 14 rings (SSSR count). The van der Waals surface area contributed by atoms with Crippen molar-refractivity contribution in [1.29, 1.82) is 5.26 Å². The van der Waals surface area contributed by atoms with E-state index in [1.165, 1.54) is 48.3 Å². The SMILES string of the molecule is N#Cc1ccc2c(c1)c1cc(-c3cccc4c3Sc3cc(-c5ccc6c(c5)c5ccccc5n6-c5ccccc5)ccc3C43c4cccnc4-c4ncccc43)ccc1n2-c1ccccc1. The zero-order valence-electron chi connectivity index (χ0n) is 35.4. The van der Waals surface area contributed by atoms with Crippen LogP contribution in [0.15, 0.2) is 222 Å². The number of para-hydroxylation sites is 3. The Morgan fingerprint density at radius 3 is 1.67 bits per heavy atom. The molecular formula is C60H35N5S. The third-order valence-corrected chi connectivity index (χ3v) is 15.1. The van der Waals surface area contributed by atoms with E-state index in [9.17, 15) is 5.26 Å². The summed E-state index contributed by atoms with van der Waals surface area (Å²) in [5.74, 6) is 0. The first-order chi connectivity index (χ1) is 32.7. The van der Waals surface area contributed by atoms with Gasteiger partial charge in [-0.05, 0) is 136 Å². The predicted molar refractivity (Wildman–Crippen MR) is 268 cm³/mol. The van der Waals surface area contributed by atoms with E-state index in [1.54, 1.807) is 0 Å². The van der Waals surface area contributed by atoms with E-state index in [-0.39, 0.29) is 0 Å². The summed E-state index contributed by atoms with van der Waals surface area (Å²) in [6.07, 6.45) is 3.78. The molecule has 0 bridgehead atoms. The average molecular weight is 858 g/mol. The lowest BCUT2D eigenvalue weighted by Crippen LogP contribution is -2.32. The molecule has 0 saturated carbocycles. The minimum Gasteiger partial charge on any atom is -0.309 e. The number of benzene rings is 8. The summed E-state index contributed by atoms with van der Waals surface area (Å²) in [6.45, 7) is 0. The van der Waals surface area contributed by atoms with Gasteiger partial charge < -0.3 is 9.13 Å². The molecule has 12 aromatic rings. The van der Waals surface area contributed by atoms with Crippen LogP contribution in [0.25, 0.3) is 88.6 Å². The van der Waals surface area contributed by atoms with Gasteiger partial charge in [-0.1, -0.05) is 121 Å². The monoisotopic (exact) mass is 857 g/mol. The number of rotatable bonds is 4. The Morgan fingerprint density at radius 1 is 0.424 bits per heavy atom. The van der Waals surface area contributed by atoms with Crippen molar-refractivity contribution in [1.82, 2.24) is 19.1 Å². The summed E-state index contributed by atoms with van der Waals surface area (Å²) in [4.78, 5) is 12.5. The maximum absolute atomic E-state index is 10.0. The van der Waals surface area contributed by atoms with Crippen LogP contribution in [-0.2, 0) is 5.41 Å². The molecule has 6 heteroatoms. The quantitative estimate of drug-likeness (QED) is 0.177. The van der Waals surface area contributed by atoms with Crippen LogP contribution in [0.4, 0.5) is 0 Å². The molecule has 66 heavy (non-hydrogen) atoms. The van der Waals surface area contributed by atoms with Crippen LogP contribution < -0.4 is 0 Å². The molecule has 5 heterocycles. The molecule has 1 aliphatic heterocycles. The fourth-order valence-electron chi connectivity index (χ4n) is 11.2. The van der Waals surface area contributed by atoms with Gasteiger partial charge in [-0.3, -0.25) is 9.97 Å². The molecule has 0 unspecified atom stereocenters. The fraction of sp³-hybridized carbons (Fsp3) is 0.0167. The molecule has 1 spiro atoms. The van der Waals surface area contributed by atoms with Gasteiger partial charge in [0.15, 0.2) is 0 Å². The Kier molecular flexibility index (Phi) is 7.83. The molecular weight excluding hydrogens is 823 g/mol. The van der Waals surface area contributed by atoms with Crippen LogP contribution in [0.3, 0.4) is 0 Å². The molecule has 306 valence electrons. The molecule has 0 fully saturated rings. The highest BCUT2D eigenvalue weighted by Crippen LogP contribution is 2.63. The van der Waals surface area contributed by atoms with Crippen LogP contribution >= 0.6 is 11.8 Å². The number of aromatic nitrogens is 4. The summed E-state index contributed by atoms with van der Waals surface area (Å²) in [5, 5.41) is 14.6. The van der Waals surface area contributed by atoms with Gasteiger partial charge in [-0.2, -0.15) is 5.26 Å². The van der Waals surface area contributed by atoms with E-state index in [2.05, 4.69) is 197 Å². The first-order valence-corrected chi connectivity index (χ1v) is 23.0. The summed E-state index contributed by atoms with van der Waals surface area (Å²) < 4.78 is 4.68. The molecule has 0 N–H and O–H groups in total. The first-order valence-electron chi connectivity index (χ1n) is 22.2. The zero-order chi connectivity index (χ0) is 43.5. The third kappa shape index (κ3) is 5.06. The molecule has 1 aliphatic carbocycles. The first kappa shape index (κ1) is 36.9. The highest BCUT2D eigenvalue weighted by Gasteiger charge is 2.52. The maximum atomic E-state index is 10.0. The van der Waals surface area contributed by atoms with Crippen molar-refractivity contribution < 1.29 is 0 Å². The Labute approximate surface area is 384 Å². The average Bonchev–Trinajstić information content (AvgIpc) is 4.00. The van der Waals surface area contributed by atoms with Gasteiger partial charge in [-0.15, -0.1) is 0 Å². The lowest BCUT2D eigenvalue weighted by Gasteiger charge is -2.40. The van der Waals surface area contributed by atoms with Crippen molar-refractivity contribution in [2.45, 2.75) is 15.2 Å². The second-order valence-corrected chi connectivity index (χ2v) is 18.3. The van der Waals surface area contributed by atoms with Gasteiger partial charge in [-0.25, -0.2) is 0 Å². The second-order valence-electron chi connectivity index (χ2n) is 17.2. The van der Waals surface area contributed by atoms with Crippen molar-refractivity contribution in [3.05, 3.63) is 240 Å². The molecule has 0 atom stereocenters. The molecule has 0 radical (unpaired) electrons. The summed E-state index contributed by atoms with van der Waals surface area (Å²) in [5.41, 5.74) is 18.0. The normalized spacial score (nSPS) is 13.2. The summed E-state index contributed by atoms with van der Waals surface area (Å²) in [6, 6.07) is 74.5. The van der Waals surface area contributed by atoms with Crippen molar-refractivity contribution in [2.24, 2.45) is 0 Å². The predicted octanol–water partition coefficient (Wildman–Crippen LogP) is 14.7. The van der Waals surface area contributed by atoms with Crippen molar-refractivity contribution in [2.75, 3.05) is 0 Å². The zero-order valence-corrected chi connectivity index (χ0v) is 36.2. The topological polar surface area (TPSA) is 59.4 Å². The Morgan fingerprint density at radius 2 is 0.970 bits per heavy atom. The van der Waals surface area contributed by atoms with Crippen LogP contribution in [-0.4, -0.2) is 19.1 Å². The number of fused-ring (bicyclic) bond motifs is 15. The van der Waals surface area contributed by atoms with Gasteiger partial charge in [0.1, 0.15) is 0 Å². The second kappa shape index (κ2) is 14.0. The highest BCUT2D eigenvalue weighted by molar-refractivity contribution is 7.99. The molecule has 0 saturated heterocycles. The largest absolute Gasteiger partial charge is 0.309 e. The van der Waals surface area contributed by atoms with Crippen LogP contribution in [0.2, 0.25) is 0 Å². The van der Waals surface area contributed by atoms with Crippen LogP contribution in [0.1, 0.15) is 27.8 Å². The van der Waals surface area contributed by atoms with E-state index >= 15 is 0 Å². The minimum atomic E-state index is -0.653. The lowest BCUT2D eigenvalue weighted by atomic mass is 9.67.